The fourth-order valence-corrected chi connectivity index (χ4v) is 2.89. The van der Waals surface area contributed by atoms with Crippen molar-refractivity contribution in [3.05, 3.63) is 53.7 Å². The number of pyridine rings is 1. The Bertz CT molecular complexity index is 954. The van der Waals surface area contributed by atoms with Gasteiger partial charge in [0.2, 0.25) is 12.4 Å². The van der Waals surface area contributed by atoms with Gasteiger partial charge in [-0.1, -0.05) is 17.2 Å². The number of anilines is 4. The van der Waals surface area contributed by atoms with Gasteiger partial charge in [0.05, 0.1) is 5.69 Å². The van der Waals surface area contributed by atoms with Crippen LogP contribution in [0.3, 0.4) is 0 Å². The zero-order valence-corrected chi connectivity index (χ0v) is 15.9. The van der Waals surface area contributed by atoms with Crippen molar-refractivity contribution in [2.75, 3.05) is 34.8 Å². The number of rotatable bonds is 8. The van der Waals surface area contributed by atoms with Crippen LogP contribution in [0.15, 0.2) is 42.6 Å². The first kappa shape index (κ1) is 19.1. The van der Waals surface area contributed by atoms with Crippen molar-refractivity contribution in [1.29, 1.82) is 0 Å². The molecule has 144 valence electrons. The predicted octanol–water partition coefficient (Wildman–Crippen LogP) is 2.83. The van der Waals surface area contributed by atoms with Crippen LogP contribution in [-0.2, 0) is 4.79 Å². The van der Waals surface area contributed by atoms with Gasteiger partial charge in [-0.25, -0.2) is 9.97 Å². The summed E-state index contributed by atoms with van der Waals surface area (Å²) in [6, 6.07) is 11.6. The molecule has 8 nitrogen and oxygen atoms in total. The molecule has 0 fully saturated rings. The summed E-state index contributed by atoms with van der Waals surface area (Å²) in [6.45, 7) is 5.33. The lowest BCUT2D eigenvalue weighted by molar-refractivity contribution is -0.105. The molecule has 0 aliphatic carbocycles. The van der Waals surface area contributed by atoms with Crippen molar-refractivity contribution >= 4 is 29.7 Å². The molecule has 0 unspecified atom stereocenters. The van der Waals surface area contributed by atoms with E-state index in [4.69, 9.17) is 5.73 Å². The number of amides is 1. The molecule has 0 radical (unpaired) electrons. The zero-order chi connectivity index (χ0) is 19.9. The van der Waals surface area contributed by atoms with Crippen molar-refractivity contribution in [3.8, 4) is 11.3 Å². The molecule has 0 saturated heterocycles. The van der Waals surface area contributed by atoms with Crippen LogP contribution >= 0.6 is 0 Å². The molecule has 2 heterocycles. The number of hydrogen-bond donors (Lipinski definition) is 4. The lowest BCUT2D eigenvalue weighted by Gasteiger charge is -2.11. The Kier molecular flexibility index (Phi) is 6.01. The fourth-order valence-electron chi connectivity index (χ4n) is 2.89. The van der Waals surface area contributed by atoms with Crippen molar-refractivity contribution in [1.82, 2.24) is 15.0 Å². The molecule has 28 heavy (non-hydrogen) atoms. The second kappa shape index (κ2) is 8.81. The lowest BCUT2D eigenvalue weighted by Crippen LogP contribution is -2.15. The van der Waals surface area contributed by atoms with Gasteiger partial charge in [-0.15, -0.1) is 0 Å². The maximum Gasteiger partial charge on any atom is 0.222 e. The van der Waals surface area contributed by atoms with E-state index in [0.717, 1.165) is 11.3 Å². The van der Waals surface area contributed by atoms with E-state index in [0.29, 0.717) is 36.8 Å². The van der Waals surface area contributed by atoms with Gasteiger partial charge in [-0.3, -0.25) is 4.79 Å². The molecule has 0 aliphatic rings. The number of nitrogens with one attached hydrogen (secondary N) is 3. The highest BCUT2D eigenvalue weighted by Gasteiger charge is 2.06. The predicted molar refractivity (Wildman–Crippen MR) is 112 cm³/mol. The molecule has 3 aromatic rings. The third-order valence-electron chi connectivity index (χ3n) is 3.98. The van der Waals surface area contributed by atoms with Crippen LogP contribution in [0.5, 0.6) is 0 Å². The first-order chi connectivity index (χ1) is 13.5. The number of carbonyl (C=O) groups is 1. The summed E-state index contributed by atoms with van der Waals surface area (Å²) in [4.78, 5) is 23.3. The van der Waals surface area contributed by atoms with Gasteiger partial charge in [0, 0.05) is 42.7 Å². The van der Waals surface area contributed by atoms with Gasteiger partial charge in [-0.2, -0.15) is 4.98 Å². The summed E-state index contributed by atoms with van der Waals surface area (Å²) in [6.07, 6.45) is 2.26. The Balaban J connectivity index is 1.62. The summed E-state index contributed by atoms with van der Waals surface area (Å²) >= 11 is 0. The van der Waals surface area contributed by atoms with Gasteiger partial charge in [0.25, 0.3) is 0 Å². The zero-order valence-electron chi connectivity index (χ0n) is 15.9. The molecule has 0 saturated carbocycles. The fraction of sp³-hybridized carbons (Fsp3) is 0.200. The SMILES string of the molecule is Cc1cc(C)cc(-c2cc(NCCNc3cc(NC=O)ccn3)nc(N)n2)c1. The van der Waals surface area contributed by atoms with E-state index in [1.165, 1.54) is 11.1 Å². The summed E-state index contributed by atoms with van der Waals surface area (Å²) in [5.41, 5.74) is 10.7. The van der Waals surface area contributed by atoms with Crippen LogP contribution in [0.4, 0.5) is 23.3 Å². The molecular weight excluding hydrogens is 354 g/mol. The molecule has 0 spiro atoms. The summed E-state index contributed by atoms with van der Waals surface area (Å²) in [5, 5.41) is 9.02. The molecule has 3 rings (SSSR count). The second-order valence-corrected chi connectivity index (χ2v) is 6.42. The van der Waals surface area contributed by atoms with Gasteiger partial charge in [0.15, 0.2) is 0 Å². The Labute approximate surface area is 163 Å². The Morgan fingerprint density at radius 2 is 1.68 bits per heavy atom. The lowest BCUT2D eigenvalue weighted by atomic mass is 10.0. The first-order valence-corrected chi connectivity index (χ1v) is 8.91. The van der Waals surface area contributed by atoms with E-state index < -0.39 is 0 Å². The molecule has 0 bridgehead atoms. The maximum absolute atomic E-state index is 10.5. The number of aromatic nitrogens is 3. The van der Waals surface area contributed by atoms with Crippen molar-refractivity contribution < 1.29 is 4.79 Å². The summed E-state index contributed by atoms with van der Waals surface area (Å²) in [7, 11) is 0. The van der Waals surface area contributed by atoms with Crippen LogP contribution < -0.4 is 21.7 Å². The molecule has 1 aromatic carbocycles. The second-order valence-electron chi connectivity index (χ2n) is 6.42. The third-order valence-corrected chi connectivity index (χ3v) is 3.98. The molecule has 0 aliphatic heterocycles. The molecule has 2 aromatic heterocycles. The molecule has 1 amide bonds. The van der Waals surface area contributed by atoms with Crippen LogP contribution in [0.2, 0.25) is 0 Å². The van der Waals surface area contributed by atoms with Crippen LogP contribution in [0.25, 0.3) is 11.3 Å². The number of nitrogens with zero attached hydrogens (tertiary/aromatic N) is 3. The van der Waals surface area contributed by atoms with Gasteiger partial charge in [0.1, 0.15) is 11.6 Å². The normalized spacial score (nSPS) is 10.4. The monoisotopic (exact) mass is 377 g/mol. The average molecular weight is 377 g/mol. The molecule has 8 heteroatoms. The topological polar surface area (TPSA) is 118 Å². The quantitative estimate of drug-likeness (QED) is 0.352. The van der Waals surface area contributed by atoms with Gasteiger partial charge >= 0.3 is 0 Å². The van der Waals surface area contributed by atoms with E-state index >= 15 is 0 Å². The minimum absolute atomic E-state index is 0.224. The first-order valence-electron chi connectivity index (χ1n) is 8.91. The highest BCUT2D eigenvalue weighted by molar-refractivity contribution is 5.72. The van der Waals surface area contributed by atoms with Gasteiger partial charge < -0.3 is 21.7 Å². The Hall–Kier alpha value is -3.68. The van der Waals surface area contributed by atoms with E-state index in [2.05, 4.69) is 62.9 Å². The van der Waals surface area contributed by atoms with Crippen molar-refractivity contribution in [2.45, 2.75) is 13.8 Å². The standard InChI is InChI=1S/C20H23N7O/c1-13-7-14(2)9-15(8-13)17-11-19(27-20(21)26-17)24-6-5-23-18-10-16(25-12-28)3-4-22-18/h3-4,7-12H,5-6H2,1-2H3,(H3,21,24,26,27)(H2,22,23,25,28). The van der Waals surface area contributed by atoms with Gasteiger partial charge in [-0.05, 0) is 32.0 Å². The Morgan fingerprint density at radius 3 is 2.39 bits per heavy atom. The smallest absolute Gasteiger partial charge is 0.222 e. The molecule has 0 atom stereocenters. The third kappa shape index (κ3) is 5.16. The summed E-state index contributed by atoms with van der Waals surface area (Å²) in [5.74, 6) is 1.56. The van der Waals surface area contributed by atoms with Crippen LogP contribution in [0, 0.1) is 13.8 Å². The number of benzene rings is 1. The summed E-state index contributed by atoms with van der Waals surface area (Å²) < 4.78 is 0. The largest absolute Gasteiger partial charge is 0.368 e. The van der Waals surface area contributed by atoms with Crippen molar-refractivity contribution in [2.24, 2.45) is 0 Å². The Morgan fingerprint density at radius 1 is 0.964 bits per heavy atom. The van der Waals surface area contributed by atoms with Crippen LogP contribution in [-0.4, -0.2) is 34.5 Å². The number of nitrogens with two attached hydrogens (primary N) is 1. The average Bonchev–Trinajstić information content (AvgIpc) is 2.65. The minimum Gasteiger partial charge on any atom is -0.368 e. The molecule has 5 N–H and O–H groups in total. The molecular formula is C20H23N7O. The van der Waals surface area contributed by atoms with E-state index in [1.807, 2.05) is 6.07 Å². The van der Waals surface area contributed by atoms with E-state index in [-0.39, 0.29) is 5.95 Å². The van der Waals surface area contributed by atoms with E-state index in [1.54, 1.807) is 18.3 Å². The minimum atomic E-state index is 0.224. The number of aryl methyl sites for hydroxylation is 2. The number of nitrogen functional groups attached to an aromatic ring is 1. The number of hydrogen-bond acceptors (Lipinski definition) is 7. The highest BCUT2D eigenvalue weighted by atomic mass is 16.1. The maximum atomic E-state index is 10.5. The van der Waals surface area contributed by atoms with E-state index in [9.17, 15) is 4.79 Å². The highest BCUT2D eigenvalue weighted by Crippen LogP contribution is 2.23. The number of carbonyl (C=O) groups excluding carboxylic acids is 1. The van der Waals surface area contributed by atoms with Crippen molar-refractivity contribution in [3.63, 3.8) is 0 Å². The van der Waals surface area contributed by atoms with Crippen LogP contribution in [0.1, 0.15) is 11.1 Å².